The van der Waals surface area contributed by atoms with Crippen molar-refractivity contribution in [1.29, 1.82) is 0 Å². The SMILES string of the molecule is CCCCNC(=O)[C@@H](C)N(CCc1ccccc1)C(=O)CN(c1cccc([N+](=O)[O-])c1)S(C)(=O)=O. The number of benzene rings is 2. The molecule has 1 atom stereocenters. The summed E-state index contributed by atoms with van der Waals surface area (Å²) >= 11 is 0. The van der Waals surface area contributed by atoms with Crippen LogP contribution in [0.5, 0.6) is 0 Å². The van der Waals surface area contributed by atoms with Crippen molar-refractivity contribution in [3.63, 3.8) is 0 Å². The summed E-state index contributed by atoms with van der Waals surface area (Å²) in [7, 11) is -3.96. The van der Waals surface area contributed by atoms with Crippen LogP contribution >= 0.6 is 0 Å². The third kappa shape index (κ3) is 8.36. The van der Waals surface area contributed by atoms with Gasteiger partial charge in [-0.3, -0.25) is 24.0 Å². The highest BCUT2D eigenvalue weighted by molar-refractivity contribution is 7.92. The van der Waals surface area contributed by atoms with Crippen molar-refractivity contribution in [2.75, 3.05) is 30.2 Å². The number of hydrogen-bond donors (Lipinski definition) is 1. The van der Waals surface area contributed by atoms with Gasteiger partial charge in [0.05, 0.1) is 16.9 Å². The monoisotopic (exact) mass is 504 g/mol. The Labute approximate surface area is 206 Å². The van der Waals surface area contributed by atoms with Crippen LogP contribution in [0, 0.1) is 10.1 Å². The zero-order chi connectivity index (χ0) is 26.0. The second-order valence-corrected chi connectivity index (χ2v) is 10.1. The topological polar surface area (TPSA) is 130 Å². The van der Waals surface area contributed by atoms with E-state index >= 15 is 0 Å². The first-order valence-electron chi connectivity index (χ1n) is 11.4. The van der Waals surface area contributed by atoms with E-state index in [4.69, 9.17) is 0 Å². The molecule has 0 aliphatic carbocycles. The van der Waals surface area contributed by atoms with Gasteiger partial charge < -0.3 is 10.2 Å². The van der Waals surface area contributed by atoms with Gasteiger partial charge in [0.25, 0.3) is 5.69 Å². The molecule has 35 heavy (non-hydrogen) atoms. The van der Waals surface area contributed by atoms with Gasteiger partial charge in [0, 0.05) is 25.2 Å². The molecular formula is C24H32N4O6S. The molecule has 2 aromatic rings. The molecule has 11 heteroatoms. The maximum Gasteiger partial charge on any atom is 0.271 e. The second-order valence-electron chi connectivity index (χ2n) is 8.19. The number of nitrogens with one attached hydrogen (secondary N) is 1. The summed E-state index contributed by atoms with van der Waals surface area (Å²) in [6.45, 7) is 3.67. The Hall–Kier alpha value is -3.47. The molecule has 0 saturated carbocycles. The number of nitro benzene ring substituents is 1. The molecule has 0 bridgehead atoms. The third-order valence-corrected chi connectivity index (χ3v) is 6.63. The maximum absolute atomic E-state index is 13.4. The van der Waals surface area contributed by atoms with Crippen molar-refractivity contribution < 1.29 is 22.9 Å². The van der Waals surface area contributed by atoms with Gasteiger partial charge >= 0.3 is 0 Å². The molecule has 0 fully saturated rings. The summed E-state index contributed by atoms with van der Waals surface area (Å²) in [5.74, 6) is -0.919. The number of carbonyl (C=O) groups is 2. The fourth-order valence-electron chi connectivity index (χ4n) is 3.48. The number of rotatable bonds is 13. The molecule has 0 aliphatic heterocycles. The summed E-state index contributed by atoms with van der Waals surface area (Å²) in [5, 5.41) is 14.0. The normalized spacial score (nSPS) is 12.0. The summed E-state index contributed by atoms with van der Waals surface area (Å²) in [6, 6.07) is 13.7. The van der Waals surface area contributed by atoms with E-state index in [0.29, 0.717) is 13.0 Å². The van der Waals surface area contributed by atoms with Crippen LogP contribution < -0.4 is 9.62 Å². The van der Waals surface area contributed by atoms with Gasteiger partial charge in [-0.15, -0.1) is 0 Å². The molecule has 0 unspecified atom stereocenters. The number of nitro groups is 1. The van der Waals surface area contributed by atoms with Gasteiger partial charge in [-0.05, 0) is 31.4 Å². The number of sulfonamides is 1. The predicted octanol–water partition coefficient (Wildman–Crippen LogP) is 2.74. The minimum atomic E-state index is -3.96. The van der Waals surface area contributed by atoms with Crippen molar-refractivity contribution in [2.45, 2.75) is 39.2 Å². The lowest BCUT2D eigenvalue weighted by Crippen LogP contribution is -2.52. The first-order valence-corrected chi connectivity index (χ1v) is 13.2. The van der Waals surface area contributed by atoms with Gasteiger partial charge in [0.15, 0.2) is 0 Å². The summed E-state index contributed by atoms with van der Waals surface area (Å²) in [4.78, 5) is 38.0. The molecule has 2 aromatic carbocycles. The Kier molecular flexibility index (Phi) is 10.2. The van der Waals surface area contributed by atoms with Crippen LogP contribution in [-0.2, 0) is 26.0 Å². The van der Waals surface area contributed by atoms with Crippen molar-refractivity contribution >= 4 is 33.2 Å². The molecule has 0 aliphatic rings. The average molecular weight is 505 g/mol. The highest BCUT2D eigenvalue weighted by Crippen LogP contribution is 2.23. The predicted molar refractivity (Wildman–Crippen MR) is 135 cm³/mol. The Morgan fingerprint density at radius 3 is 2.40 bits per heavy atom. The van der Waals surface area contributed by atoms with Crippen LogP contribution in [-0.4, -0.2) is 62.0 Å². The van der Waals surface area contributed by atoms with E-state index in [1.54, 1.807) is 6.92 Å². The average Bonchev–Trinajstić information content (AvgIpc) is 2.82. The fraction of sp³-hybridized carbons (Fsp3) is 0.417. The molecule has 2 rings (SSSR count). The molecule has 0 aromatic heterocycles. The molecule has 0 radical (unpaired) electrons. The maximum atomic E-state index is 13.4. The van der Waals surface area contributed by atoms with E-state index in [-0.39, 0.29) is 23.8 Å². The van der Waals surface area contributed by atoms with Gasteiger partial charge in [-0.25, -0.2) is 8.42 Å². The zero-order valence-electron chi connectivity index (χ0n) is 20.2. The highest BCUT2D eigenvalue weighted by atomic mass is 32.2. The number of unbranched alkanes of at least 4 members (excludes halogenated alkanes) is 1. The van der Waals surface area contributed by atoms with E-state index in [0.717, 1.165) is 35.0 Å². The molecular weight excluding hydrogens is 472 g/mol. The van der Waals surface area contributed by atoms with Crippen LogP contribution in [0.25, 0.3) is 0 Å². The third-order valence-electron chi connectivity index (χ3n) is 5.49. The second kappa shape index (κ2) is 12.8. The lowest BCUT2D eigenvalue weighted by Gasteiger charge is -2.31. The van der Waals surface area contributed by atoms with E-state index in [1.165, 1.54) is 23.1 Å². The number of carbonyl (C=O) groups excluding carboxylic acids is 2. The number of anilines is 1. The molecule has 0 spiro atoms. The van der Waals surface area contributed by atoms with E-state index in [9.17, 15) is 28.1 Å². The fourth-order valence-corrected chi connectivity index (χ4v) is 4.32. The number of hydrogen-bond acceptors (Lipinski definition) is 6. The smallest absolute Gasteiger partial charge is 0.271 e. The Morgan fingerprint density at radius 1 is 1.11 bits per heavy atom. The summed E-state index contributed by atoms with van der Waals surface area (Å²) in [5.41, 5.74) is 0.661. The number of non-ortho nitro benzene ring substituents is 1. The van der Waals surface area contributed by atoms with Crippen LogP contribution in [0.4, 0.5) is 11.4 Å². The van der Waals surface area contributed by atoms with Crippen LogP contribution in [0.2, 0.25) is 0 Å². The van der Waals surface area contributed by atoms with Gasteiger partial charge in [0.1, 0.15) is 12.6 Å². The van der Waals surface area contributed by atoms with E-state index in [2.05, 4.69) is 5.32 Å². The Balaban J connectivity index is 2.31. The van der Waals surface area contributed by atoms with Gasteiger partial charge in [-0.2, -0.15) is 0 Å². The van der Waals surface area contributed by atoms with Gasteiger partial charge in [-0.1, -0.05) is 49.7 Å². The minimum absolute atomic E-state index is 0.00175. The van der Waals surface area contributed by atoms with Crippen molar-refractivity contribution in [3.05, 3.63) is 70.3 Å². The van der Waals surface area contributed by atoms with E-state index in [1.807, 2.05) is 37.3 Å². The quantitative estimate of drug-likeness (QED) is 0.254. The van der Waals surface area contributed by atoms with Crippen molar-refractivity contribution in [2.24, 2.45) is 0 Å². The zero-order valence-corrected chi connectivity index (χ0v) is 21.0. The number of nitrogens with zero attached hydrogens (tertiary/aromatic N) is 3. The summed E-state index contributed by atoms with van der Waals surface area (Å²) < 4.78 is 25.9. The number of amides is 2. The lowest BCUT2D eigenvalue weighted by atomic mass is 10.1. The van der Waals surface area contributed by atoms with Crippen LogP contribution in [0.1, 0.15) is 32.3 Å². The van der Waals surface area contributed by atoms with Crippen molar-refractivity contribution in [1.82, 2.24) is 10.2 Å². The molecule has 2 amide bonds. The molecule has 10 nitrogen and oxygen atoms in total. The van der Waals surface area contributed by atoms with Crippen LogP contribution in [0.15, 0.2) is 54.6 Å². The Morgan fingerprint density at radius 2 is 1.80 bits per heavy atom. The highest BCUT2D eigenvalue weighted by Gasteiger charge is 2.30. The molecule has 0 saturated heterocycles. The molecule has 1 N–H and O–H groups in total. The minimum Gasteiger partial charge on any atom is -0.354 e. The first kappa shape index (κ1) is 27.8. The van der Waals surface area contributed by atoms with Gasteiger partial charge in [0.2, 0.25) is 21.8 Å². The van der Waals surface area contributed by atoms with Crippen LogP contribution in [0.3, 0.4) is 0 Å². The first-order chi connectivity index (χ1) is 16.5. The standard InChI is InChI=1S/C24H32N4O6S/c1-4-5-15-25-24(30)19(2)26(16-14-20-10-7-6-8-11-20)23(29)18-27(35(3,33)34)21-12-9-13-22(17-21)28(31)32/h6-13,17,19H,4-5,14-16,18H2,1-3H3,(H,25,30)/t19-/m1/s1. The largest absolute Gasteiger partial charge is 0.354 e. The van der Waals surface area contributed by atoms with E-state index < -0.39 is 33.4 Å². The summed E-state index contributed by atoms with van der Waals surface area (Å²) in [6.07, 6.45) is 3.09. The van der Waals surface area contributed by atoms with Crippen molar-refractivity contribution in [3.8, 4) is 0 Å². The lowest BCUT2D eigenvalue weighted by molar-refractivity contribution is -0.384. The molecule has 190 valence electrons. The Bertz CT molecular complexity index is 1120. The molecule has 0 heterocycles.